The molecule has 2 N–H and O–H groups in total. The highest BCUT2D eigenvalue weighted by atomic mass is 32.1. The van der Waals surface area contributed by atoms with Crippen LogP contribution in [-0.4, -0.2) is 23.2 Å². The number of thiophene rings is 1. The molecule has 0 fully saturated rings. The maximum absolute atomic E-state index is 12.1. The number of hydrogen-bond acceptors (Lipinski definition) is 3. The maximum atomic E-state index is 12.1. The van der Waals surface area contributed by atoms with Crippen molar-refractivity contribution in [1.29, 1.82) is 0 Å². The Morgan fingerprint density at radius 2 is 2.28 bits per heavy atom. The number of carbonyl (C=O) groups is 1. The Labute approximate surface area is 112 Å². The molecule has 0 aliphatic carbocycles. The Kier molecular flexibility index (Phi) is 5.39. The number of amides is 1. The topological polar surface area (TPSA) is 49.3 Å². The first-order valence-electron chi connectivity index (χ1n) is 6.00. The van der Waals surface area contributed by atoms with E-state index in [0.29, 0.717) is 11.3 Å². The molecule has 18 heavy (non-hydrogen) atoms. The van der Waals surface area contributed by atoms with Gasteiger partial charge in [-0.25, -0.2) is 0 Å². The summed E-state index contributed by atoms with van der Waals surface area (Å²) in [5, 5.41) is 13.5. The molecule has 1 heterocycles. The smallest absolute Gasteiger partial charge is 0.263 e. The molecule has 3 nitrogen and oxygen atoms in total. The van der Waals surface area contributed by atoms with Gasteiger partial charge in [-0.3, -0.25) is 4.79 Å². The predicted octanol–water partition coefficient (Wildman–Crippen LogP) is 2.40. The third kappa shape index (κ3) is 4.17. The highest BCUT2D eigenvalue weighted by Gasteiger charge is 2.21. The summed E-state index contributed by atoms with van der Waals surface area (Å²) >= 11 is 1.39. The first-order valence-corrected chi connectivity index (χ1v) is 6.88. The van der Waals surface area contributed by atoms with E-state index in [-0.39, 0.29) is 18.1 Å². The van der Waals surface area contributed by atoms with E-state index in [1.54, 1.807) is 0 Å². The van der Waals surface area contributed by atoms with Crippen molar-refractivity contribution in [2.75, 3.05) is 6.61 Å². The minimum Gasteiger partial charge on any atom is -0.395 e. The average molecular weight is 265 g/mol. The zero-order valence-electron chi connectivity index (χ0n) is 11.0. The van der Waals surface area contributed by atoms with Gasteiger partial charge in [0, 0.05) is 17.5 Å². The SMILES string of the molecule is CCC(C)(C)NC(=O)c1sccc1C#CCCO. The Morgan fingerprint density at radius 3 is 2.89 bits per heavy atom. The summed E-state index contributed by atoms with van der Waals surface area (Å²) < 4.78 is 0. The predicted molar refractivity (Wildman–Crippen MR) is 74.7 cm³/mol. The quantitative estimate of drug-likeness (QED) is 0.821. The number of aliphatic hydroxyl groups excluding tert-OH is 1. The van der Waals surface area contributed by atoms with Crippen molar-refractivity contribution in [3.8, 4) is 11.8 Å². The Bertz CT molecular complexity index is 466. The Balaban J connectivity index is 2.82. The fraction of sp³-hybridized carbons (Fsp3) is 0.500. The molecule has 0 radical (unpaired) electrons. The second-order valence-corrected chi connectivity index (χ2v) is 5.55. The van der Waals surface area contributed by atoms with Crippen LogP contribution in [0.25, 0.3) is 0 Å². The van der Waals surface area contributed by atoms with Gasteiger partial charge in [-0.2, -0.15) is 0 Å². The monoisotopic (exact) mass is 265 g/mol. The van der Waals surface area contributed by atoms with Crippen LogP contribution < -0.4 is 5.32 Å². The van der Waals surface area contributed by atoms with Gasteiger partial charge in [0.05, 0.1) is 6.61 Å². The van der Waals surface area contributed by atoms with Gasteiger partial charge in [0.15, 0.2) is 0 Å². The van der Waals surface area contributed by atoms with E-state index in [1.807, 2.05) is 32.2 Å². The lowest BCUT2D eigenvalue weighted by Crippen LogP contribution is -2.42. The van der Waals surface area contributed by atoms with E-state index < -0.39 is 0 Å². The third-order valence-electron chi connectivity index (χ3n) is 2.67. The van der Waals surface area contributed by atoms with Crippen LogP contribution in [0.5, 0.6) is 0 Å². The van der Waals surface area contributed by atoms with Gasteiger partial charge in [0.2, 0.25) is 0 Å². The zero-order valence-corrected chi connectivity index (χ0v) is 11.9. The molecule has 4 heteroatoms. The molecule has 0 bridgehead atoms. The number of rotatable bonds is 4. The molecule has 1 aromatic rings. The summed E-state index contributed by atoms with van der Waals surface area (Å²) in [5.41, 5.74) is 0.523. The average Bonchev–Trinajstić information content (AvgIpc) is 2.77. The van der Waals surface area contributed by atoms with E-state index in [1.165, 1.54) is 11.3 Å². The van der Waals surface area contributed by atoms with Gasteiger partial charge < -0.3 is 10.4 Å². The first-order chi connectivity index (χ1) is 8.50. The van der Waals surface area contributed by atoms with E-state index in [0.717, 1.165) is 12.0 Å². The highest BCUT2D eigenvalue weighted by Crippen LogP contribution is 2.17. The first kappa shape index (κ1) is 14.7. The van der Waals surface area contributed by atoms with Crippen LogP contribution >= 0.6 is 11.3 Å². The van der Waals surface area contributed by atoms with E-state index in [9.17, 15) is 4.79 Å². The number of carbonyl (C=O) groups excluding carboxylic acids is 1. The molecule has 0 aliphatic rings. The van der Waals surface area contributed by atoms with Crippen molar-refractivity contribution in [3.63, 3.8) is 0 Å². The van der Waals surface area contributed by atoms with Gasteiger partial charge in [0.1, 0.15) is 4.88 Å². The normalized spacial score (nSPS) is 10.7. The van der Waals surface area contributed by atoms with Crippen LogP contribution in [0.4, 0.5) is 0 Å². The molecular formula is C14H19NO2S. The van der Waals surface area contributed by atoms with Crippen molar-refractivity contribution < 1.29 is 9.90 Å². The minimum atomic E-state index is -0.211. The van der Waals surface area contributed by atoms with Crippen LogP contribution in [-0.2, 0) is 0 Å². The van der Waals surface area contributed by atoms with Crippen LogP contribution in [0.3, 0.4) is 0 Å². The molecule has 0 atom stereocenters. The van der Waals surface area contributed by atoms with Gasteiger partial charge in [-0.05, 0) is 31.7 Å². The molecule has 1 amide bonds. The van der Waals surface area contributed by atoms with Gasteiger partial charge in [-0.15, -0.1) is 11.3 Å². The number of nitrogens with one attached hydrogen (secondary N) is 1. The lowest BCUT2D eigenvalue weighted by atomic mass is 10.0. The summed E-state index contributed by atoms with van der Waals surface area (Å²) in [6.07, 6.45) is 1.30. The number of hydrogen-bond donors (Lipinski definition) is 2. The minimum absolute atomic E-state index is 0.0432. The fourth-order valence-corrected chi connectivity index (χ4v) is 1.99. The second kappa shape index (κ2) is 6.58. The van der Waals surface area contributed by atoms with Crippen molar-refractivity contribution >= 4 is 17.2 Å². The summed E-state index contributed by atoms with van der Waals surface area (Å²) in [5.74, 6) is 5.68. The fourth-order valence-electron chi connectivity index (χ4n) is 1.25. The largest absolute Gasteiger partial charge is 0.395 e. The maximum Gasteiger partial charge on any atom is 0.263 e. The molecule has 1 aromatic heterocycles. The van der Waals surface area contributed by atoms with Gasteiger partial charge >= 0.3 is 0 Å². The molecule has 0 aromatic carbocycles. The Hall–Kier alpha value is -1.31. The summed E-state index contributed by atoms with van der Waals surface area (Å²) in [6.45, 7) is 6.07. The lowest BCUT2D eigenvalue weighted by molar-refractivity contribution is 0.0915. The zero-order chi connectivity index (χ0) is 13.6. The van der Waals surface area contributed by atoms with E-state index in [4.69, 9.17) is 5.11 Å². The van der Waals surface area contributed by atoms with E-state index in [2.05, 4.69) is 17.2 Å². The van der Waals surface area contributed by atoms with Crippen LogP contribution in [0.2, 0.25) is 0 Å². The lowest BCUT2D eigenvalue weighted by Gasteiger charge is -2.24. The molecular weight excluding hydrogens is 246 g/mol. The van der Waals surface area contributed by atoms with Crippen molar-refractivity contribution in [2.45, 2.75) is 39.2 Å². The number of aliphatic hydroxyl groups is 1. The standard InChI is InChI=1S/C14H19NO2S/c1-4-14(2,3)15-13(17)12-11(8-10-18-12)7-5-6-9-16/h8,10,16H,4,6,9H2,1-3H3,(H,15,17). The third-order valence-corrected chi connectivity index (χ3v) is 3.58. The molecule has 0 aliphatic heterocycles. The molecule has 1 rings (SSSR count). The summed E-state index contributed by atoms with van der Waals surface area (Å²) in [6, 6.07) is 1.84. The Morgan fingerprint density at radius 1 is 1.56 bits per heavy atom. The molecule has 0 saturated carbocycles. The molecule has 0 saturated heterocycles. The molecule has 0 unspecified atom stereocenters. The van der Waals surface area contributed by atoms with Crippen molar-refractivity contribution in [2.24, 2.45) is 0 Å². The highest BCUT2D eigenvalue weighted by molar-refractivity contribution is 7.12. The van der Waals surface area contributed by atoms with Crippen LogP contribution in [0.1, 0.15) is 48.8 Å². The van der Waals surface area contributed by atoms with Crippen LogP contribution in [0, 0.1) is 11.8 Å². The van der Waals surface area contributed by atoms with Gasteiger partial charge in [0.25, 0.3) is 5.91 Å². The molecule has 0 spiro atoms. The molecule has 98 valence electrons. The van der Waals surface area contributed by atoms with Crippen LogP contribution in [0.15, 0.2) is 11.4 Å². The second-order valence-electron chi connectivity index (χ2n) is 4.63. The van der Waals surface area contributed by atoms with Gasteiger partial charge in [-0.1, -0.05) is 18.8 Å². The van der Waals surface area contributed by atoms with E-state index >= 15 is 0 Å². The van der Waals surface area contributed by atoms with Crippen molar-refractivity contribution in [1.82, 2.24) is 5.32 Å². The summed E-state index contributed by atoms with van der Waals surface area (Å²) in [7, 11) is 0. The van der Waals surface area contributed by atoms with Crippen molar-refractivity contribution in [3.05, 3.63) is 21.9 Å². The summed E-state index contributed by atoms with van der Waals surface area (Å²) in [4.78, 5) is 12.8.